The first-order valence-electron chi connectivity index (χ1n) is 7.02. The topological polar surface area (TPSA) is 91.6 Å². The number of anilines is 1. The van der Waals surface area contributed by atoms with Crippen LogP contribution in [0.1, 0.15) is 5.56 Å². The van der Waals surface area contributed by atoms with Crippen molar-refractivity contribution in [1.82, 2.24) is 0 Å². The van der Waals surface area contributed by atoms with Crippen molar-refractivity contribution in [1.29, 1.82) is 5.26 Å². The van der Waals surface area contributed by atoms with Crippen LogP contribution in [0.4, 0.5) is 5.69 Å². The van der Waals surface area contributed by atoms with Gasteiger partial charge in [0.15, 0.2) is 11.5 Å². The number of rotatable bonds is 5. The Hall–Kier alpha value is -3.46. The number of nitrogens with zero attached hydrogens (tertiary/aromatic N) is 1. The Morgan fingerprint density at radius 1 is 1.17 bits per heavy atom. The first kappa shape index (κ1) is 16.9. The zero-order valence-corrected chi connectivity index (χ0v) is 13.2. The Bertz CT molecular complexity index is 822. The number of nitrogens with one attached hydrogen (secondary N) is 1. The van der Waals surface area contributed by atoms with E-state index in [4.69, 9.17) is 9.47 Å². The van der Waals surface area contributed by atoms with E-state index in [2.05, 4.69) is 5.32 Å². The minimum atomic E-state index is -0.561. The van der Waals surface area contributed by atoms with Gasteiger partial charge in [-0.15, -0.1) is 0 Å². The van der Waals surface area contributed by atoms with E-state index < -0.39 is 5.91 Å². The number of benzene rings is 2. The Kier molecular flexibility index (Phi) is 5.42. The molecule has 2 rings (SSSR count). The van der Waals surface area contributed by atoms with E-state index in [1.54, 1.807) is 30.3 Å². The number of carbonyl (C=O) groups excluding carboxylic acids is 1. The van der Waals surface area contributed by atoms with Crippen LogP contribution >= 0.6 is 0 Å². The van der Waals surface area contributed by atoms with Gasteiger partial charge in [-0.05, 0) is 35.9 Å². The van der Waals surface area contributed by atoms with Gasteiger partial charge in [-0.3, -0.25) is 4.79 Å². The van der Waals surface area contributed by atoms with Crippen molar-refractivity contribution in [2.75, 3.05) is 19.5 Å². The van der Waals surface area contributed by atoms with Crippen molar-refractivity contribution >= 4 is 17.7 Å². The number of para-hydroxylation sites is 2. The van der Waals surface area contributed by atoms with E-state index >= 15 is 0 Å². The lowest BCUT2D eigenvalue weighted by Crippen LogP contribution is -2.14. The second kappa shape index (κ2) is 7.70. The fourth-order valence-corrected chi connectivity index (χ4v) is 2.04. The third kappa shape index (κ3) is 3.84. The number of hydrogen-bond donors (Lipinski definition) is 2. The smallest absolute Gasteiger partial charge is 0.266 e. The lowest BCUT2D eigenvalue weighted by atomic mass is 10.1. The standard InChI is InChI=1S/C18H16N2O4/c1-23-16-6-4-3-5-14(16)20-18(22)13(11-19)9-12-7-8-15(21)17(10-12)24-2/h3-10,21H,1-2H3,(H,20,22)/b13-9+. The molecule has 0 bridgehead atoms. The van der Waals surface area contributed by atoms with E-state index in [0.717, 1.165) is 0 Å². The van der Waals surface area contributed by atoms with Gasteiger partial charge in [0.25, 0.3) is 5.91 Å². The molecule has 0 saturated carbocycles. The number of nitriles is 1. The lowest BCUT2D eigenvalue weighted by molar-refractivity contribution is -0.112. The molecule has 2 aromatic rings. The maximum absolute atomic E-state index is 12.3. The van der Waals surface area contributed by atoms with E-state index in [-0.39, 0.29) is 17.1 Å². The zero-order valence-electron chi connectivity index (χ0n) is 13.2. The average Bonchev–Trinajstić information content (AvgIpc) is 2.61. The highest BCUT2D eigenvalue weighted by molar-refractivity contribution is 6.10. The Balaban J connectivity index is 2.27. The van der Waals surface area contributed by atoms with Gasteiger partial charge >= 0.3 is 0 Å². The molecule has 0 radical (unpaired) electrons. The van der Waals surface area contributed by atoms with Crippen molar-refractivity contribution in [3.63, 3.8) is 0 Å². The third-order valence-corrected chi connectivity index (χ3v) is 3.24. The van der Waals surface area contributed by atoms with Crippen LogP contribution < -0.4 is 14.8 Å². The number of aromatic hydroxyl groups is 1. The van der Waals surface area contributed by atoms with Crippen LogP contribution in [0.25, 0.3) is 6.08 Å². The summed E-state index contributed by atoms with van der Waals surface area (Å²) >= 11 is 0. The maximum Gasteiger partial charge on any atom is 0.266 e. The molecule has 6 nitrogen and oxygen atoms in total. The molecule has 0 aliphatic heterocycles. The molecule has 2 N–H and O–H groups in total. The highest BCUT2D eigenvalue weighted by atomic mass is 16.5. The minimum absolute atomic E-state index is 0.0216. The highest BCUT2D eigenvalue weighted by Gasteiger charge is 2.12. The van der Waals surface area contributed by atoms with Crippen molar-refractivity contribution < 1.29 is 19.4 Å². The third-order valence-electron chi connectivity index (χ3n) is 3.24. The largest absolute Gasteiger partial charge is 0.504 e. The highest BCUT2D eigenvalue weighted by Crippen LogP contribution is 2.28. The molecule has 0 aliphatic carbocycles. The molecule has 0 unspecified atom stereocenters. The van der Waals surface area contributed by atoms with Crippen LogP contribution in [-0.2, 0) is 4.79 Å². The Morgan fingerprint density at radius 2 is 1.88 bits per heavy atom. The summed E-state index contributed by atoms with van der Waals surface area (Å²) in [5.74, 6) is 0.168. The van der Waals surface area contributed by atoms with Gasteiger partial charge in [0, 0.05) is 0 Å². The summed E-state index contributed by atoms with van der Waals surface area (Å²) in [6.45, 7) is 0. The molecule has 0 atom stereocenters. The van der Waals surface area contributed by atoms with Gasteiger partial charge in [0.2, 0.25) is 0 Å². The van der Waals surface area contributed by atoms with Crippen molar-refractivity contribution in [2.45, 2.75) is 0 Å². The van der Waals surface area contributed by atoms with Crippen molar-refractivity contribution in [3.8, 4) is 23.3 Å². The SMILES string of the molecule is COc1cc(/C=C(\C#N)C(=O)Nc2ccccc2OC)ccc1O. The normalized spacial score (nSPS) is 10.6. The maximum atomic E-state index is 12.3. The summed E-state index contributed by atoms with van der Waals surface area (Å²) in [7, 11) is 2.91. The summed E-state index contributed by atoms with van der Waals surface area (Å²) in [5.41, 5.74) is 0.930. The number of ether oxygens (including phenoxy) is 2. The number of amides is 1. The number of methoxy groups -OCH3 is 2. The quantitative estimate of drug-likeness (QED) is 0.652. The van der Waals surface area contributed by atoms with Gasteiger partial charge in [0.05, 0.1) is 19.9 Å². The predicted octanol–water partition coefficient (Wildman–Crippen LogP) is 2.96. The molecular weight excluding hydrogens is 308 g/mol. The van der Waals surface area contributed by atoms with E-state index in [0.29, 0.717) is 17.0 Å². The van der Waals surface area contributed by atoms with Crippen LogP contribution in [0.2, 0.25) is 0 Å². The molecule has 2 aromatic carbocycles. The van der Waals surface area contributed by atoms with Crippen LogP contribution in [0.5, 0.6) is 17.2 Å². The zero-order chi connectivity index (χ0) is 17.5. The number of carbonyl (C=O) groups is 1. The molecule has 0 saturated heterocycles. The van der Waals surface area contributed by atoms with E-state index in [1.165, 1.54) is 32.4 Å². The first-order chi connectivity index (χ1) is 11.6. The Labute approximate surface area is 139 Å². The van der Waals surface area contributed by atoms with Crippen LogP contribution in [0, 0.1) is 11.3 Å². The van der Waals surface area contributed by atoms with Crippen molar-refractivity contribution in [2.24, 2.45) is 0 Å². The van der Waals surface area contributed by atoms with Crippen molar-refractivity contribution in [3.05, 3.63) is 53.6 Å². The van der Waals surface area contributed by atoms with Gasteiger partial charge in [0.1, 0.15) is 17.4 Å². The van der Waals surface area contributed by atoms with Crippen LogP contribution in [0.3, 0.4) is 0 Å². The van der Waals surface area contributed by atoms with Gasteiger partial charge in [-0.25, -0.2) is 0 Å². The summed E-state index contributed by atoms with van der Waals surface area (Å²) in [5, 5.41) is 21.5. The molecule has 0 aliphatic rings. The van der Waals surface area contributed by atoms with Gasteiger partial charge in [-0.2, -0.15) is 5.26 Å². The summed E-state index contributed by atoms with van der Waals surface area (Å²) in [6, 6.07) is 13.3. The molecule has 0 spiro atoms. The molecule has 1 amide bonds. The van der Waals surface area contributed by atoms with Crippen LogP contribution in [-0.4, -0.2) is 25.2 Å². The number of hydrogen-bond acceptors (Lipinski definition) is 5. The molecule has 0 heterocycles. The summed E-state index contributed by atoms with van der Waals surface area (Å²) < 4.78 is 10.2. The van der Waals surface area contributed by atoms with Crippen LogP contribution in [0.15, 0.2) is 48.0 Å². The summed E-state index contributed by atoms with van der Waals surface area (Å²) in [4.78, 5) is 12.3. The first-order valence-corrected chi connectivity index (χ1v) is 7.02. The molecule has 122 valence electrons. The second-order valence-electron chi connectivity index (χ2n) is 4.76. The molecule has 0 fully saturated rings. The Morgan fingerprint density at radius 3 is 2.54 bits per heavy atom. The number of phenolic OH excluding ortho intramolecular Hbond substituents is 1. The average molecular weight is 324 g/mol. The molecule has 0 aromatic heterocycles. The molecule has 6 heteroatoms. The fourth-order valence-electron chi connectivity index (χ4n) is 2.04. The predicted molar refractivity (Wildman–Crippen MR) is 89.9 cm³/mol. The summed E-state index contributed by atoms with van der Waals surface area (Å²) in [6.07, 6.45) is 1.41. The van der Waals surface area contributed by atoms with Gasteiger partial charge < -0.3 is 19.9 Å². The van der Waals surface area contributed by atoms with E-state index in [1.807, 2.05) is 6.07 Å². The number of phenols is 1. The van der Waals surface area contributed by atoms with Gasteiger partial charge in [-0.1, -0.05) is 18.2 Å². The fraction of sp³-hybridized carbons (Fsp3) is 0.111. The lowest BCUT2D eigenvalue weighted by Gasteiger charge is -2.09. The monoisotopic (exact) mass is 324 g/mol. The molecule has 24 heavy (non-hydrogen) atoms. The minimum Gasteiger partial charge on any atom is -0.504 e. The van der Waals surface area contributed by atoms with E-state index in [9.17, 15) is 15.2 Å². The second-order valence-corrected chi connectivity index (χ2v) is 4.76. The molecular formula is C18H16N2O4.